The minimum absolute atomic E-state index is 0.0469. The first-order valence-electron chi connectivity index (χ1n) is 11.2. The molecule has 2 unspecified atom stereocenters. The summed E-state index contributed by atoms with van der Waals surface area (Å²) in [4.78, 5) is 29.2. The highest BCUT2D eigenvalue weighted by Gasteiger charge is 2.36. The molecule has 2 heterocycles. The van der Waals surface area contributed by atoms with Gasteiger partial charge in [0, 0.05) is 38.5 Å². The monoisotopic (exact) mass is 400 g/mol. The Hall–Kier alpha value is -1.88. The number of carbonyl (C=O) groups is 2. The van der Waals surface area contributed by atoms with Crippen LogP contribution in [0.1, 0.15) is 57.1 Å². The number of hydrogen-bond acceptors (Lipinski definition) is 3. The molecule has 0 spiro atoms. The van der Waals surface area contributed by atoms with E-state index in [1.165, 1.54) is 11.1 Å². The van der Waals surface area contributed by atoms with Gasteiger partial charge in [0.2, 0.25) is 11.8 Å². The number of amides is 2. The molecule has 2 saturated heterocycles. The lowest BCUT2D eigenvalue weighted by Gasteiger charge is -2.40. The molecule has 5 nitrogen and oxygen atoms in total. The fraction of sp³-hybridized carbons (Fsp3) is 0.667. The van der Waals surface area contributed by atoms with Gasteiger partial charge in [-0.15, -0.1) is 0 Å². The topological polar surface area (TPSA) is 49.9 Å². The summed E-state index contributed by atoms with van der Waals surface area (Å²) >= 11 is 0. The lowest BCUT2D eigenvalue weighted by atomic mass is 9.85. The third-order valence-electron chi connectivity index (χ3n) is 6.40. The maximum atomic E-state index is 13.1. The molecule has 2 amide bonds. The summed E-state index contributed by atoms with van der Waals surface area (Å²) in [6.45, 7) is 9.86. The van der Waals surface area contributed by atoms with Gasteiger partial charge in [0.15, 0.2) is 0 Å². The Morgan fingerprint density at radius 2 is 1.69 bits per heavy atom. The van der Waals surface area contributed by atoms with Crippen LogP contribution < -0.4 is 0 Å². The van der Waals surface area contributed by atoms with Crippen molar-refractivity contribution in [3.05, 3.63) is 35.4 Å². The molecule has 1 aromatic rings. The highest BCUT2D eigenvalue weighted by atomic mass is 16.5. The van der Waals surface area contributed by atoms with Crippen molar-refractivity contribution in [1.29, 1.82) is 0 Å². The fourth-order valence-corrected chi connectivity index (χ4v) is 4.49. The average Bonchev–Trinajstić information content (AvgIpc) is 2.73. The van der Waals surface area contributed by atoms with Gasteiger partial charge in [-0.05, 0) is 44.1 Å². The van der Waals surface area contributed by atoms with Gasteiger partial charge in [0.1, 0.15) is 0 Å². The van der Waals surface area contributed by atoms with Crippen LogP contribution in [0, 0.1) is 18.8 Å². The van der Waals surface area contributed by atoms with Crippen molar-refractivity contribution in [2.45, 2.75) is 65.6 Å². The van der Waals surface area contributed by atoms with Gasteiger partial charge < -0.3 is 14.5 Å². The van der Waals surface area contributed by atoms with E-state index in [0.717, 1.165) is 45.3 Å². The zero-order chi connectivity index (χ0) is 20.8. The minimum Gasteiger partial charge on any atom is -0.373 e. The van der Waals surface area contributed by atoms with Crippen LogP contribution >= 0.6 is 0 Å². The number of hydrogen-bond donors (Lipinski definition) is 0. The van der Waals surface area contributed by atoms with E-state index in [1.54, 1.807) is 0 Å². The van der Waals surface area contributed by atoms with Gasteiger partial charge in [-0.3, -0.25) is 9.59 Å². The number of piperidine rings is 2. The number of nitrogens with zero attached hydrogens (tertiary/aromatic N) is 2. The summed E-state index contributed by atoms with van der Waals surface area (Å²) in [5.41, 5.74) is 2.46. The molecule has 0 N–H and O–H groups in total. The summed E-state index contributed by atoms with van der Waals surface area (Å²) in [5.74, 6) is 0.784. The molecule has 2 fully saturated rings. The predicted molar refractivity (Wildman–Crippen MR) is 114 cm³/mol. The Bertz CT molecular complexity index is 680. The molecule has 2 aliphatic heterocycles. The van der Waals surface area contributed by atoms with E-state index in [1.807, 2.05) is 16.7 Å². The highest BCUT2D eigenvalue weighted by Crippen LogP contribution is 2.27. The summed E-state index contributed by atoms with van der Waals surface area (Å²) in [6.07, 6.45) is 4.32. The second kappa shape index (κ2) is 10.2. The number of aryl methyl sites for hydroxylation is 1. The van der Waals surface area contributed by atoms with Crippen molar-refractivity contribution in [2.24, 2.45) is 11.8 Å². The van der Waals surface area contributed by atoms with Gasteiger partial charge in [0.05, 0.1) is 12.7 Å². The predicted octanol–water partition coefficient (Wildman–Crippen LogP) is 3.79. The fourth-order valence-electron chi connectivity index (χ4n) is 4.49. The Morgan fingerprint density at radius 3 is 2.31 bits per heavy atom. The summed E-state index contributed by atoms with van der Waals surface area (Å²) in [7, 11) is 0. The largest absolute Gasteiger partial charge is 0.373 e. The van der Waals surface area contributed by atoms with E-state index < -0.39 is 0 Å². The van der Waals surface area contributed by atoms with Crippen molar-refractivity contribution in [2.75, 3.05) is 26.2 Å². The van der Waals surface area contributed by atoms with Crippen LogP contribution in [0.25, 0.3) is 0 Å². The molecule has 0 aliphatic carbocycles. The second-order valence-electron chi connectivity index (χ2n) is 8.78. The van der Waals surface area contributed by atoms with E-state index >= 15 is 0 Å². The highest BCUT2D eigenvalue weighted by molar-refractivity contribution is 5.80. The van der Waals surface area contributed by atoms with E-state index in [0.29, 0.717) is 19.6 Å². The lowest BCUT2D eigenvalue weighted by Crippen LogP contribution is -2.50. The maximum Gasteiger partial charge on any atom is 0.226 e. The molecule has 0 bridgehead atoms. The Labute approximate surface area is 175 Å². The van der Waals surface area contributed by atoms with Gasteiger partial charge in [0.25, 0.3) is 0 Å². The summed E-state index contributed by atoms with van der Waals surface area (Å²) in [6, 6.07) is 8.46. The van der Waals surface area contributed by atoms with Crippen molar-refractivity contribution in [3.8, 4) is 0 Å². The molecule has 3 rings (SSSR count). The van der Waals surface area contributed by atoms with Crippen molar-refractivity contribution >= 4 is 11.8 Å². The van der Waals surface area contributed by atoms with Crippen LogP contribution in [0.3, 0.4) is 0 Å². The summed E-state index contributed by atoms with van der Waals surface area (Å²) in [5, 5.41) is 0. The number of ether oxygens (including phenoxy) is 1. The van der Waals surface area contributed by atoms with E-state index in [9.17, 15) is 9.59 Å². The molecular formula is C24H36N2O3. The summed E-state index contributed by atoms with van der Waals surface area (Å²) < 4.78 is 6.08. The van der Waals surface area contributed by atoms with E-state index in [2.05, 4.69) is 38.1 Å². The van der Waals surface area contributed by atoms with E-state index in [-0.39, 0.29) is 29.8 Å². The van der Waals surface area contributed by atoms with Crippen LogP contribution in [-0.2, 0) is 20.9 Å². The first kappa shape index (κ1) is 21.8. The zero-order valence-electron chi connectivity index (χ0n) is 18.2. The molecule has 0 aromatic heterocycles. The third-order valence-corrected chi connectivity index (χ3v) is 6.40. The quantitative estimate of drug-likeness (QED) is 0.730. The van der Waals surface area contributed by atoms with Crippen LogP contribution in [0.15, 0.2) is 24.3 Å². The van der Waals surface area contributed by atoms with Crippen molar-refractivity contribution < 1.29 is 14.3 Å². The molecule has 5 heteroatoms. The SMILES string of the molecule is CCCC(=O)N1CCC(C(=O)N2CCC(OCc3ccc(C)cc3)CC2)C(C)C1. The molecule has 2 atom stereocenters. The first-order valence-corrected chi connectivity index (χ1v) is 11.2. The average molecular weight is 401 g/mol. The smallest absolute Gasteiger partial charge is 0.226 e. The van der Waals surface area contributed by atoms with Crippen LogP contribution in [-0.4, -0.2) is 53.9 Å². The molecule has 1 aromatic carbocycles. The Balaban J connectivity index is 1.42. The normalized spacial score (nSPS) is 23.3. The van der Waals surface area contributed by atoms with Gasteiger partial charge in [-0.2, -0.15) is 0 Å². The van der Waals surface area contributed by atoms with Gasteiger partial charge in [-0.25, -0.2) is 0 Å². The molecule has 2 aliphatic rings. The van der Waals surface area contributed by atoms with Crippen molar-refractivity contribution in [3.63, 3.8) is 0 Å². The molecule has 29 heavy (non-hydrogen) atoms. The van der Waals surface area contributed by atoms with E-state index in [4.69, 9.17) is 4.74 Å². The third kappa shape index (κ3) is 5.81. The number of benzene rings is 1. The zero-order valence-corrected chi connectivity index (χ0v) is 18.2. The molecule has 160 valence electrons. The van der Waals surface area contributed by atoms with Crippen molar-refractivity contribution in [1.82, 2.24) is 9.80 Å². The standard InChI is InChI=1S/C24H36N2O3/c1-4-5-23(27)26-15-12-22(19(3)16-26)24(28)25-13-10-21(11-14-25)29-17-20-8-6-18(2)7-9-20/h6-9,19,21-22H,4-5,10-17H2,1-3H3. The molecular weight excluding hydrogens is 364 g/mol. The van der Waals surface area contributed by atoms with Crippen LogP contribution in [0.2, 0.25) is 0 Å². The lowest BCUT2D eigenvalue weighted by molar-refractivity contribution is -0.145. The number of rotatable bonds is 6. The van der Waals surface area contributed by atoms with Gasteiger partial charge in [-0.1, -0.05) is 43.7 Å². The molecule has 0 saturated carbocycles. The second-order valence-corrected chi connectivity index (χ2v) is 8.78. The van der Waals surface area contributed by atoms with Crippen LogP contribution in [0.5, 0.6) is 0 Å². The number of carbonyl (C=O) groups excluding carboxylic acids is 2. The first-order chi connectivity index (χ1) is 14.0. The maximum absolute atomic E-state index is 13.1. The molecule has 0 radical (unpaired) electrons. The minimum atomic E-state index is 0.0469. The Morgan fingerprint density at radius 1 is 1.03 bits per heavy atom. The number of likely N-dealkylation sites (tertiary alicyclic amines) is 2. The Kier molecular flexibility index (Phi) is 7.70. The van der Waals surface area contributed by atoms with Gasteiger partial charge >= 0.3 is 0 Å². The van der Waals surface area contributed by atoms with Crippen LogP contribution in [0.4, 0.5) is 0 Å².